The molecule has 1 N–H and O–H groups in total. The van der Waals surface area contributed by atoms with Crippen molar-refractivity contribution in [3.63, 3.8) is 0 Å². The molecule has 0 aliphatic carbocycles. The van der Waals surface area contributed by atoms with Crippen molar-refractivity contribution in [2.75, 3.05) is 6.54 Å². The van der Waals surface area contributed by atoms with Gasteiger partial charge >= 0.3 is 14.3 Å². The Labute approximate surface area is 118 Å². The highest BCUT2D eigenvalue weighted by atomic mass is 32.1. The third kappa shape index (κ3) is 3.03. The van der Waals surface area contributed by atoms with Crippen molar-refractivity contribution in [3.05, 3.63) is 35.4 Å². The number of nitrogens with one attached hydrogen (secondary N) is 1. The van der Waals surface area contributed by atoms with E-state index in [-0.39, 0.29) is 17.0 Å². The van der Waals surface area contributed by atoms with Crippen molar-refractivity contribution < 1.29 is 22.5 Å². The van der Waals surface area contributed by atoms with Gasteiger partial charge in [0.15, 0.2) is 4.99 Å². The van der Waals surface area contributed by atoms with Crippen LogP contribution in [0, 0.1) is 0 Å². The first kappa shape index (κ1) is 15.0. The second-order valence-corrected chi connectivity index (χ2v) is 5.67. The van der Waals surface area contributed by atoms with Gasteiger partial charge in [-0.2, -0.15) is 13.2 Å². The lowest BCUT2D eigenvalue weighted by Crippen LogP contribution is -2.38. The number of rotatable bonds is 1. The van der Waals surface area contributed by atoms with E-state index in [0.29, 0.717) is 6.54 Å². The van der Waals surface area contributed by atoms with Crippen LogP contribution in [0.4, 0.5) is 13.2 Å². The molecule has 1 unspecified atom stereocenters. The smallest absolute Gasteiger partial charge is 0.270 e. The van der Waals surface area contributed by atoms with E-state index in [2.05, 4.69) is 5.09 Å². The fourth-order valence-corrected chi connectivity index (χ4v) is 3.14. The van der Waals surface area contributed by atoms with Gasteiger partial charge in [-0.3, -0.25) is 4.79 Å². The largest absolute Gasteiger partial charge is 0.572 e. The van der Waals surface area contributed by atoms with Crippen LogP contribution in [0.2, 0.25) is 0 Å². The fourth-order valence-electron chi connectivity index (χ4n) is 1.66. The van der Waals surface area contributed by atoms with Crippen molar-refractivity contribution in [1.82, 2.24) is 9.76 Å². The van der Waals surface area contributed by atoms with Crippen LogP contribution in [-0.2, 0) is 15.5 Å². The van der Waals surface area contributed by atoms with Crippen molar-refractivity contribution in [2.45, 2.75) is 12.6 Å². The average Bonchev–Trinajstić information content (AvgIpc) is 2.37. The summed E-state index contributed by atoms with van der Waals surface area (Å²) in [7, 11) is -2.17. The lowest BCUT2D eigenvalue weighted by Gasteiger charge is -2.16. The third-order valence-electron chi connectivity index (χ3n) is 2.66. The van der Waals surface area contributed by atoms with Crippen molar-refractivity contribution in [1.29, 1.82) is 0 Å². The number of carbonyl (C=O) groups excluding carboxylic acids is 1. The molecule has 4 nitrogen and oxygen atoms in total. The van der Waals surface area contributed by atoms with E-state index in [4.69, 9.17) is 12.2 Å². The molecule has 1 aromatic carbocycles. The topological polar surface area (TPSA) is 49.4 Å². The SMILES string of the molecule is O=C1CCN[P+](=O)N1C(=S)c1ccc(C(F)(F)F)cc1. The molecule has 0 bridgehead atoms. The maximum Gasteiger partial charge on any atom is 0.572 e. The summed E-state index contributed by atoms with van der Waals surface area (Å²) in [5.74, 6) is -0.408. The predicted molar refractivity (Wildman–Crippen MR) is 70.2 cm³/mol. The van der Waals surface area contributed by atoms with Crippen molar-refractivity contribution in [2.24, 2.45) is 0 Å². The minimum absolute atomic E-state index is 0.0444. The number of amides is 1. The van der Waals surface area contributed by atoms with Crippen LogP contribution >= 0.6 is 20.3 Å². The normalized spacial score (nSPS) is 18.2. The van der Waals surface area contributed by atoms with Gasteiger partial charge in [0.25, 0.3) is 5.91 Å². The summed E-state index contributed by atoms with van der Waals surface area (Å²) >= 11 is 5.03. The minimum Gasteiger partial charge on any atom is -0.270 e. The zero-order valence-corrected chi connectivity index (χ0v) is 11.7. The fraction of sp³-hybridized carbons (Fsp3) is 0.273. The molecular formula is C11H9F3N2O2PS+. The van der Waals surface area contributed by atoms with Crippen molar-refractivity contribution >= 4 is 31.2 Å². The maximum absolute atomic E-state index is 12.4. The minimum atomic E-state index is -4.44. The van der Waals surface area contributed by atoms with Crippen molar-refractivity contribution in [3.8, 4) is 0 Å². The van der Waals surface area contributed by atoms with E-state index in [0.717, 1.165) is 28.9 Å². The van der Waals surface area contributed by atoms with Crippen LogP contribution in [0.3, 0.4) is 0 Å². The Morgan fingerprint density at radius 1 is 1.30 bits per heavy atom. The summed E-state index contributed by atoms with van der Waals surface area (Å²) < 4.78 is 50.0. The van der Waals surface area contributed by atoms with E-state index in [1.807, 2.05) is 0 Å². The molecule has 1 atom stereocenters. The molecule has 106 valence electrons. The van der Waals surface area contributed by atoms with E-state index >= 15 is 0 Å². The monoisotopic (exact) mass is 321 g/mol. The molecule has 1 fully saturated rings. The molecular weight excluding hydrogens is 312 g/mol. The highest BCUT2D eigenvalue weighted by molar-refractivity contribution is 7.81. The van der Waals surface area contributed by atoms with Gasteiger partial charge in [-0.05, 0) is 16.7 Å². The van der Waals surface area contributed by atoms with Gasteiger partial charge in [-0.25, -0.2) is 0 Å². The molecule has 0 saturated carbocycles. The number of alkyl halides is 3. The molecule has 1 saturated heterocycles. The molecule has 1 heterocycles. The van der Waals surface area contributed by atoms with Crippen LogP contribution < -0.4 is 5.09 Å². The number of carbonyl (C=O) groups is 1. The summed E-state index contributed by atoms with van der Waals surface area (Å²) in [6, 6.07) is 4.07. The molecule has 1 aromatic rings. The van der Waals surface area contributed by atoms with E-state index in [1.54, 1.807) is 0 Å². The number of benzene rings is 1. The van der Waals surface area contributed by atoms with E-state index in [1.165, 1.54) is 0 Å². The lowest BCUT2D eigenvalue weighted by atomic mass is 10.1. The van der Waals surface area contributed by atoms with E-state index < -0.39 is 25.7 Å². The summed E-state index contributed by atoms with van der Waals surface area (Å²) in [5, 5.41) is 2.60. The van der Waals surface area contributed by atoms with Gasteiger partial charge in [0.2, 0.25) is 0 Å². The number of hydrogen-bond acceptors (Lipinski definition) is 3. The van der Waals surface area contributed by atoms with Gasteiger partial charge in [-0.1, -0.05) is 34.1 Å². The molecule has 1 amide bonds. The molecule has 2 rings (SSSR count). The number of hydrogen-bond donors (Lipinski definition) is 1. The Kier molecular flexibility index (Phi) is 4.17. The first-order valence-electron chi connectivity index (χ1n) is 5.56. The van der Waals surface area contributed by atoms with Crippen LogP contribution in [0.15, 0.2) is 24.3 Å². The van der Waals surface area contributed by atoms with E-state index in [9.17, 15) is 22.5 Å². The van der Waals surface area contributed by atoms with Gasteiger partial charge in [0, 0.05) is 12.0 Å². The van der Waals surface area contributed by atoms with Crippen LogP contribution in [0.1, 0.15) is 17.5 Å². The maximum atomic E-state index is 12.4. The second kappa shape index (κ2) is 5.55. The summed E-state index contributed by atoms with van der Waals surface area (Å²) in [6.07, 6.45) is -4.30. The molecule has 0 radical (unpaired) electrons. The Bertz CT molecular complexity index is 558. The number of nitrogens with zero attached hydrogens (tertiary/aromatic N) is 1. The van der Waals surface area contributed by atoms with Gasteiger partial charge < -0.3 is 0 Å². The Morgan fingerprint density at radius 3 is 2.40 bits per heavy atom. The molecule has 1 aliphatic rings. The number of thiocarbonyl (C=S) groups is 1. The molecule has 0 aromatic heterocycles. The van der Waals surface area contributed by atoms with Crippen LogP contribution in [0.5, 0.6) is 0 Å². The lowest BCUT2D eigenvalue weighted by molar-refractivity contribution is -0.137. The Hall–Kier alpha value is -1.37. The molecule has 20 heavy (non-hydrogen) atoms. The highest BCUT2D eigenvalue weighted by Crippen LogP contribution is 2.32. The predicted octanol–water partition coefficient (Wildman–Crippen LogP) is 2.86. The zero-order valence-electron chi connectivity index (χ0n) is 9.98. The third-order valence-corrected chi connectivity index (χ3v) is 4.49. The average molecular weight is 321 g/mol. The first-order valence-corrected chi connectivity index (χ1v) is 7.18. The van der Waals surface area contributed by atoms with Crippen LogP contribution in [-0.4, -0.2) is 22.1 Å². The Balaban J connectivity index is 2.25. The van der Waals surface area contributed by atoms with Gasteiger partial charge in [0.05, 0.1) is 12.1 Å². The highest BCUT2D eigenvalue weighted by Gasteiger charge is 2.41. The quantitative estimate of drug-likeness (QED) is 0.638. The summed E-state index contributed by atoms with van der Waals surface area (Å²) in [5.41, 5.74) is -0.565. The summed E-state index contributed by atoms with van der Waals surface area (Å²) in [6.45, 7) is 0.292. The van der Waals surface area contributed by atoms with Gasteiger partial charge in [-0.15, -0.1) is 0 Å². The zero-order chi connectivity index (χ0) is 14.9. The first-order chi connectivity index (χ1) is 9.30. The van der Waals surface area contributed by atoms with Gasteiger partial charge in [0.1, 0.15) is 0 Å². The second-order valence-electron chi connectivity index (χ2n) is 4.02. The van der Waals surface area contributed by atoms with Crippen LogP contribution in [0.25, 0.3) is 0 Å². The number of halogens is 3. The standard InChI is InChI=1S/C11H9F3N2O2PS/c12-11(13,14)8-3-1-7(2-4-8)10(20)16-9(17)5-6-15-19(16)18/h1-4H,5-6H2,(H,15,18)/q+1. The summed E-state index contributed by atoms with van der Waals surface area (Å²) in [4.78, 5) is 11.6. The Morgan fingerprint density at radius 2 is 1.90 bits per heavy atom. The molecule has 1 aliphatic heterocycles. The molecule has 0 spiro atoms. The molecule has 9 heteroatoms.